The third-order valence-electron chi connectivity index (χ3n) is 2.26. The Morgan fingerprint density at radius 3 is 2.25 bits per heavy atom. The summed E-state index contributed by atoms with van der Waals surface area (Å²) in [5.41, 5.74) is 0. The Kier molecular flexibility index (Phi) is 8.11. The van der Waals surface area contributed by atoms with Gasteiger partial charge in [0.1, 0.15) is 5.78 Å². The fourth-order valence-electron chi connectivity index (χ4n) is 1.26. The van der Waals surface area contributed by atoms with E-state index in [2.05, 4.69) is 5.32 Å². The molecule has 0 unspecified atom stereocenters. The van der Waals surface area contributed by atoms with Crippen LogP contribution in [0.25, 0.3) is 0 Å². The van der Waals surface area contributed by atoms with Crippen LogP contribution in [0.2, 0.25) is 0 Å². The Bertz CT molecular complexity index is 250. The van der Waals surface area contributed by atoms with Gasteiger partial charge in [0.15, 0.2) is 0 Å². The van der Waals surface area contributed by atoms with Gasteiger partial charge in [-0.3, -0.25) is 9.59 Å². The summed E-state index contributed by atoms with van der Waals surface area (Å²) >= 11 is 0. The normalized spacial score (nSPS) is 9.81. The van der Waals surface area contributed by atoms with Gasteiger partial charge in [0.25, 0.3) is 0 Å². The van der Waals surface area contributed by atoms with Crippen LogP contribution in [0.4, 0.5) is 0 Å². The molecule has 0 aromatic carbocycles. The van der Waals surface area contributed by atoms with Crippen LogP contribution in [0, 0.1) is 0 Å². The minimum Gasteiger partial charge on any atom is -0.474 e. The van der Waals surface area contributed by atoms with E-state index in [1.807, 2.05) is 6.92 Å². The first-order chi connectivity index (χ1) is 7.57. The number of amides is 1. The number of carboxylic acid groups (broad SMARTS) is 1. The van der Waals surface area contributed by atoms with E-state index in [1.54, 1.807) is 0 Å². The Morgan fingerprint density at radius 1 is 1.06 bits per heavy atom. The van der Waals surface area contributed by atoms with Crippen molar-refractivity contribution in [2.45, 2.75) is 45.4 Å². The molecule has 0 bridgehead atoms. The lowest BCUT2D eigenvalue weighted by Gasteiger charge is -2.02. The molecule has 0 aliphatic rings. The maximum atomic E-state index is 10.9. The van der Waals surface area contributed by atoms with Crippen LogP contribution in [0.1, 0.15) is 45.4 Å². The lowest BCUT2D eigenvalue weighted by Crippen LogP contribution is -2.31. The van der Waals surface area contributed by atoms with E-state index >= 15 is 0 Å². The molecule has 0 heterocycles. The number of carbonyl (C=O) groups excluding carboxylic acids is 2. The highest BCUT2D eigenvalue weighted by atomic mass is 16.4. The molecule has 0 aliphatic heterocycles. The molecule has 0 rings (SSSR count). The molecule has 0 aromatic rings. The lowest BCUT2D eigenvalue weighted by atomic mass is 10.1. The summed E-state index contributed by atoms with van der Waals surface area (Å²) in [5.74, 6) is -2.13. The standard InChI is InChI=1S/C11H19NO4/c1-2-9(13)7-5-3-4-6-8-12-10(14)11(15)16/h2-8H2,1H3,(H,12,14)(H,15,16). The molecule has 2 N–H and O–H groups in total. The van der Waals surface area contributed by atoms with Gasteiger partial charge in [-0.2, -0.15) is 0 Å². The Labute approximate surface area is 95.2 Å². The Hall–Kier alpha value is -1.39. The number of Topliss-reactive ketones (excluding diaryl/α,β-unsaturated/α-hetero) is 1. The third-order valence-corrected chi connectivity index (χ3v) is 2.26. The Balaban J connectivity index is 3.25. The number of hydrogen-bond acceptors (Lipinski definition) is 3. The van der Waals surface area contributed by atoms with E-state index in [1.165, 1.54) is 0 Å². The van der Waals surface area contributed by atoms with Gasteiger partial charge in [0.2, 0.25) is 0 Å². The molecule has 0 aromatic heterocycles. The number of unbranched alkanes of at least 4 members (excludes halogenated alkanes) is 3. The van der Waals surface area contributed by atoms with Gasteiger partial charge in [0.05, 0.1) is 0 Å². The zero-order valence-electron chi connectivity index (χ0n) is 9.62. The largest absolute Gasteiger partial charge is 0.474 e. The molecule has 5 nitrogen and oxygen atoms in total. The van der Waals surface area contributed by atoms with Crippen molar-refractivity contribution in [3.63, 3.8) is 0 Å². The second kappa shape index (κ2) is 8.88. The molecule has 0 atom stereocenters. The van der Waals surface area contributed by atoms with Gasteiger partial charge in [-0.25, -0.2) is 4.79 Å². The van der Waals surface area contributed by atoms with Gasteiger partial charge in [0, 0.05) is 19.4 Å². The van der Waals surface area contributed by atoms with Crippen LogP contribution in [-0.2, 0) is 14.4 Å². The van der Waals surface area contributed by atoms with Gasteiger partial charge in [-0.1, -0.05) is 19.8 Å². The van der Waals surface area contributed by atoms with E-state index in [0.717, 1.165) is 25.7 Å². The number of hydrogen-bond donors (Lipinski definition) is 2. The number of rotatable bonds is 8. The maximum Gasteiger partial charge on any atom is 0.394 e. The van der Waals surface area contributed by atoms with Gasteiger partial charge < -0.3 is 10.4 Å². The van der Waals surface area contributed by atoms with Crippen LogP contribution in [-0.4, -0.2) is 29.3 Å². The molecule has 0 spiro atoms. The highest BCUT2D eigenvalue weighted by Crippen LogP contribution is 2.04. The zero-order valence-corrected chi connectivity index (χ0v) is 9.62. The SMILES string of the molecule is CCC(=O)CCCCCCNC(=O)C(=O)O. The molecule has 0 aliphatic carbocycles. The summed E-state index contributed by atoms with van der Waals surface area (Å²) in [6, 6.07) is 0. The summed E-state index contributed by atoms with van der Waals surface area (Å²) in [6.45, 7) is 2.23. The summed E-state index contributed by atoms with van der Waals surface area (Å²) in [4.78, 5) is 31.7. The first kappa shape index (κ1) is 14.6. The van der Waals surface area contributed by atoms with Crippen molar-refractivity contribution in [3.8, 4) is 0 Å². The van der Waals surface area contributed by atoms with Crippen LogP contribution in [0.3, 0.4) is 0 Å². The topological polar surface area (TPSA) is 83.5 Å². The van der Waals surface area contributed by atoms with Gasteiger partial charge >= 0.3 is 11.9 Å². The van der Waals surface area contributed by atoms with Crippen molar-refractivity contribution >= 4 is 17.7 Å². The van der Waals surface area contributed by atoms with Crippen LogP contribution >= 0.6 is 0 Å². The summed E-state index contributed by atoms with van der Waals surface area (Å²) in [6.07, 6.45) is 4.68. The van der Waals surface area contributed by atoms with Gasteiger partial charge in [-0.05, 0) is 12.8 Å². The zero-order chi connectivity index (χ0) is 12.4. The van der Waals surface area contributed by atoms with E-state index in [4.69, 9.17) is 5.11 Å². The van der Waals surface area contributed by atoms with E-state index < -0.39 is 11.9 Å². The predicted molar refractivity (Wildman–Crippen MR) is 59.0 cm³/mol. The van der Waals surface area contributed by atoms with Crippen molar-refractivity contribution in [1.29, 1.82) is 0 Å². The van der Waals surface area contributed by atoms with Crippen molar-refractivity contribution in [1.82, 2.24) is 5.32 Å². The highest BCUT2D eigenvalue weighted by molar-refractivity contribution is 6.31. The average molecular weight is 229 g/mol. The fourth-order valence-corrected chi connectivity index (χ4v) is 1.26. The molecule has 92 valence electrons. The fraction of sp³-hybridized carbons (Fsp3) is 0.727. The number of aliphatic carboxylic acids is 1. The molecule has 16 heavy (non-hydrogen) atoms. The van der Waals surface area contributed by atoms with E-state index in [0.29, 0.717) is 19.4 Å². The minimum absolute atomic E-state index is 0.277. The number of carbonyl (C=O) groups is 3. The van der Waals surface area contributed by atoms with Crippen molar-refractivity contribution in [2.75, 3.05) is 6.54 Å². The number of ketones is 1. The maximum absolute atomic E-state index is 10.9. The van der Waals surface area contributed by atoms with Gasteiger partial charge in [-0.15, -0.1) is 0 Å². The second-order valence-electron chi connectivity index (χ2n) is 3.62. The van der Waals surface area contributed by atoms with E-state index in [-0.39, 0.29) is 5.78 Å². The molecular formula is C11H19NO4. The monoisotopic (exact) mass is 229 g/mol. The van der Waals surface area contributed by atoms with Crippen molar-refractivity contribution in [3.05, 3.63) is 0 Å². The van der Waals surface area contributed by atoms with Crippen molar-refractivity contribution in [2.24, 2.45) is 0 Å². The van der Waals surface area contributed by atoms with Crippen LogP contribution in [0.5, 0.6) is 0 Å². The quantitative estimate of drug-likeness (QED) is 0.482. The number of carboxylic acids is 1. The number of nitrogens with one attached hydrogen (secondary N) is 1. The Morgan fingerprint density at radius 2 is 1.69 bits per heavy atom. The smallest absolute Gasteiger partial charge is 0.394 e. The van der Waals surface area contributed by atoms with Crippen molar-refractivity contribution < 1.29 is 19.5 Å². The second-order valence-corrected chi connectivity index (χ2v) is 3.62. The highest BCUT2D eigenvalue weighted by Gasteiger charge is 2.08. The van der Waals surface area contributed by atoms with E-state index in [9.17, 15) is 14.4 Å². The molecule has 0 saturated heterocycles. The molecule has 5 heteroatoms. The van der Waals surface area contributed by atoms with Crippen LogP contribution in [0.15, 0.2) is 0 Å². The molecule has 0 radical (unpaired) electrons. The molecule has 0 saturated carbocycles. The molecular weight excluding hydrogens is 210 g/mol. The molecule has 0 fully saturated rings. The van der Waals surface area contributed by atoms with Crippen LogP contribution < -0.4 is 5.32 Å². The predicted octanol–water partition coefficient (Wildman–Crippen LogP) is 1.12. The first-order valence-corrected chi connectivity index (χ1v) is 5.60. The first-order valence-electron chi connectivity index (χ1n) is 5.60. The summed E-state index contributed by atoms with van der Waals surface area (Å²) < 4.78 is 0. The lowest BCUT2D eigenvalue weighted by molar-refractivity contribution is -0.150. The average Bonchev–Trinajstić information content (AvgIpc) is 2.26. The summed E-state index contributed by atoms with van der Waals surface area (Å²) in [7, 11) is 0. The third kappa shape index (κ3) is 7.96. The summed E-state index contributed by atoms with van der Waals surface area (Å²) in [5, 5.41) is 10.5. The molecule has 1 amide bonds. The minimum atomic E-state index is -1.45.